The van der Waals surface area contributed by atoms with Crippen LogP contribution in [-0.4, -0.2) is 31.0 Å². The lowest BCUT2D eigenvalue weighted by molar-refractivity contribution is -0.140. The maximum atomic E-state index is 14.7. The largest absolute Gasteiger partial charge is 0.508 e. The summed E-state index contributed by atoms with van der Waals surface area (Å²) in [6.07, 6.45) is -4.71. The third kappa shape index (κ3) is 3.47. The molecule has 2 heterocycles. The maximum Gasteiger partial charge on any atom is 0.419 e. The van der Waals surface area contributed by atoms with E-state index in [0.29, 0.717) is 10.6 Å². The molecular weight excluding hydrogens is 422 g/mol. The molecule has 0 fully saturated rings. The average Bonchev–Trinajstić information content (AvgIpc) is 3.03. The lowest BCUT2D eigenvalue weighted by Crippen LogP contribution is -2.18. The number of hydrogen-bond acceptors (Lipinski definition) is 5. The molecule has 0 atom stereocenters. The first-order valence-electron chi connectivity index (χ1n) is 8.59. The fourth-order valence-electron chi connectivity index (χ4n) is 3.05. The molecule has 0 saturated heterocycles. The lowest BCUT2D eigenvalue weighted by Gasteiger charge is -2.12. The molecule has 12 heteroatoms. The van der Waals surface area contributed by atoms with Crippen LogP contribution in [0.4, 0.5) is 23.4 Å². The van der Waals surface area contributed by atoms with Crippen LogP contribution in [-0.2, 0) is 11.0 Å². The van der Waals surface area contributed by atoms with Gasteiger partial charge in [-0.2, -0.15) is 13.2 Å². The number of aromatic nitrogens is 4. The zero-order valence-corrected chi connectivity index (χ0v) is 15.2. The van der Waals surface area contributed by atoms with Gasteiger partial charge in [0.2, 0.25) is 6.41 Å². The number of aromatic amines is 1. The summed E-state index contributed by atoms with van der Waals surface area (Å²) in [5.41, 5.74) is -3.37. The second-order valence-corrected chi connectivity index (χ2v) is 6.31. The molecule has 31 heavy (non-hydrogen) atoms. The summed E-state index contributed by atoms with van der Waals surface area (Å²) in [6.45, 7) is 0. The summed E-state index contributed by atoms with van der Waals surface area (Å²) in [7, 11) is 0. The molecule has 4 rings (SSSR count). The minimum atomic E-state index is -4.98. The molecule has 0 radical (unpaired) electrons. The third-order valence-corrected chi connectivity index (χ3v) is 4.36. The molecule has 0 aliphatic heterocycles. The van der Waals surface area contributed by atoms with Gasteiger partial charge in [-0.1, -0.05) is 18.2 Å². The van der Waals surface area contributed by atoms with Gasteiger partial charge in [0.1, 0.15) is 11.3 Å². The van der Waals surface area contributed by atoms with Crippen LogP contribution in [0.25, 0.3) is 28.2 Å². The van der Waals surface area contributed by atoms with Gasteiger partial charge >= 0.3 is 11.9 Å². The SMILES string of the molecule is O=CNc1nc(-c2cccc(O)c2)nc2c1[nH]c(=O)n2-c1cccc(C(F)(F)F)c1F. The standard InChI is InChI=1S/C19H11F4N5O3/c20-13-11(19(21,22)23)5-2-6-12(13)28-17-14(25-18(28)31)16(24-8-29)26-15(27-17)9-3-1-4-10(30)7-9/h1-8,30H,(H,25,31)(H,24,26,27,29). The zero-order valence-electron chi connectivity index (χ0n) is 15.2. The molecule has 2 aromatic heterocycles. The second kappa shape index (κ2) is 7.23. The first-order valence-corrected chi connectivity index (χ1v) is 8.59. The minimum absolute atomic E-state index is 0.0760. The molecule has 0 saturated carbocycles. The first kappa shape index (κ1) is 20.1. The summed E-state index contributed by atoms with van der Waals surface area (Å²) >= 11 is 0. The highest BCUT2D eigenvalue weighted by Crippen LogP contribution is 2.34. The predicted octanol–water partition coefficient (Wildman–Crippen LogP) is 3.21. The van der Waals surface area contributed by atoms with Crippen LogP contribution in [0.3, 0.4) is 0 Å². The number of nitrogens with zero attached hydrogens (tertiary/aromatic N) is 3. The van der Waals surface area contributed by atoms with Gasteiger partial charge in [-0.3, -0.25) is 4.79 Å². The highest BCUT2D eigenvalue weighted by Gasteiger charge is 2.35. The molecule has 1 amide bonds. The van der Waals surface area contributed by atoms with Gasteiger partial charge < -0.3 is 15.4 Å². The number of H-pyrrole nitrogens is 1. The van der Waals surface area contributed by atoms with Crippen LogP contribution in [0.15, 0.2) is 47.3 Å². The van der Waals surface area contributed by atoms with Crippen LogP contribution in [0, 0.1) is 5.82 Å². The van der Waals surface area contributed by atoms with Gasteiger partial charge in [0, 0.05) is 5.56 Å². The van der Waals surface area contributed by atoms with E-state index in [4.69, 9.17) is 0 Å². The Balaban J connectivity index is 2.05. The number of fused-ring (bicyclic) bond motifs is 1. The number of carbonyl (C=O) groups excluding carboxylic acids is 1. The number of rotatable bonds is 4. The van der Waals surface area contributed by atoms with E-state index >= 15 is 0 Å². The number of alkyl halides is 3. The molecule has 0 aliphatic rings. The van der Waals surface area contributed by atoms with Gasteiger partial charge in [0.05, 0.1) is 11.3 Å². The van der Waals surface area contributed by atoms with Crippen LogP contribution in [0.1, 0.15) is 5.56 Å². The van der Waals surface area contributed by atoms with Crippen molar-refractivity contribution >= 4 is 23.4 Å². The molecule has 0 aliphatic carbocycles. The summed E-state index contributed by atoms with van der Waals surface area (Å²) in [6, 6.07) is 8.18. The van der Waals surface area contributed by atoms with E-state index in [9.17, 15) is 32.3 Å². The number of hydrogen-bond donors (Lipinski definition) is 3. The number of aromatic hydroxyl groups is 1. The maximum absolute atomic E-state index is 14.7. The molecule has 0 unspecified atom stereocenters. The van der Waals surface area contributed by atoms with Crippen molar-refractivity contribution in [3.63, 3.8) is 0 Å². The summed E-state index contributed by atoms with van der Waals surface area (Å²) < 4.78 is 54.8. The second-order valence-electron chi connectivity index (χ2n) is 6.31. The van der Waals surface area contributed by atoms with E-state index in [2.05, 4.69) is 20.3 Å². The Labute approximate surface area is 169 Å². The Hall–Kier alpha value is -4.22. The van der Waals surface area contributed by atoms with Crippen LogP contribution in [0.5, 0.6) is 5.75 Å². The van der Waals surface area contributed by atoms with Crippen molar-refractivity contribution in [3.8, 4) is 22.8 Å². The smallest absolute Gasteiger partial charge is 0.419 e. The molecule has 0 bridgehead atoms. The number of halogens is 4. The van der Waals surface area contributed by atoms with E-state index < -0.39 is 28.9 Å². The quantitative estimate of drug-likeness (QED) is 0.338. The van der Waals surface area contributed by atoms with Crippen LogP contribution in [0.2, 0.25) is 0 Å². The van der Waals surface area contributed by atoms with Crippen molar-refractivity contribution in [1.82, 2.24) is 19.5 Å². The number of phenolic OH excluding ortho intramolecular Hbond substituents is 1. The Bertz CT molecular complexity index is 1380. The molecule has 8 nitrogen and oxygen atoms in total. The molecule has 0 spiro atoms. The zero-order chi connectivity index (χ0) is 22.3. The van der Waals surface area contributed by atoms with Crippen LogP contribution < -0.4 is 11.0 Å². The van der Waals surface area contributed by atoms with E-state index in [0.717, 1.165) is 12.1 Å². The van der Waals surface area contributed by atoms with Gasteiger partial charge in [-0.25, -0.2) is 23.7 Å². The summed E-state index contributed by atoms with van der Waals surface area (Å²) in [5.74, 6) is -2.03. The number of nitrogens with one attached hydrogen (secondary N) is 2. The topological polar surface area (TPSA) is 113 Å². The Morgan fingerprint density at radius 2 is 1.87 bits per heavy atom. The highest BCUT2D eigenvalue weighted by molar-refractivity contribution is 5.90. The van der Waals surface area contributed by atoms with Gasteiger partial charge in [-0.15, -0.1) is 0 Å². The average molecular weight is 433 g/mol. The van der Waals surface area contributed by atoms with Gasteiger partial charge in [0.15, 0.2) is 23.1 Å². The van der Waals surface area contributed by atoms with E-state index in [-0.39, 0.29) is 40.5 Å². The fraction of sp³-hybridized carbons (Fsp3) is 0.0526. The predicted molar refractivity (Wildman–Crippen MR) is 101 cm³/mol. The number of imidazole rings is 1. The first-order chi connectivity index (χ1) is 14.7. The van der Waals surface area contributed by atoms with Crippen molar-refractivity contribution in [2.24, 2.45) is 0 Å². The normalized spacial score (nSPS) is 11.6. The number of carbonyl (C=O) groups is 1. The van der Waals surface area contributed by atoms with E-state index in [1.165, 1.54) is 24.3 Å². The van der Waals surface area contributed by atoms with E-state index in [1.54, 1.807) is 0 Å². The van der Waals surface area contributed by atoms with Crippen molar-refractivity contribution in [2.75, 3.05) is 5.32 Å². The van der Waals surface area contributed by atoms with Gasteiger partial charge in [0.25, 0.3) is 0 Å². The third-order valence-electron chi connectivity index (χ3n) is 4.36. The number of anilines is 1. The molecule has 3 N–H and O–H groups in total. The highest BCUT2D eigenvalue weighted by atomic mass is 19.4. The Kier molecular flexibility index (Phi) is 4.68. The van der Waals surface area contributed by atoms with Crippen molar-refractivity contribution in [2.45, 2.75) is 6.18 Å². The Morgan fingerprint density at radius 1 is 1.13 bits per heavy atom. The molecule has 4 aromatic rings. The number of amides is 1. The van der Waals surface area contributed by atoms with Crippen molar-refractivity contribution in [1.29, 1.82) is 0 Å². The summed E-state index contributed by atoms with van der Waals surface area (Å²) in [4.78, 5) is 34.1. The molecular formula is C19H11F4N5O3. The van der Waals surface area contributed by atoms with E-state index in [1.807, 2.05) is 0 Å². The number of phenols is 1. The van der Waals surface area contributed by atoms with Crippen LogP contribution >= 0.6 is 0 Å². The summed E-state index contributed by atoms with van der Waals surface area (Å²) in [5, 5.41) is 12.0. The molecule has 2 aromatic carbocycles. The van der Waals surface area contributed by atoms with Gasteiger partial charge in [-0.05, 0) is 24.3 Å². The fourth-order valence-corrected chi connectivity index (χ4v) is 3.05. The monoisotopic (exact) mass is 433 g/mol. The lowest BCUT2D eigenvalue weighted by atomic mass is 10.1. The Morgan fingerprint density at radius 3 is 2.55 bits per heavy atom. The minimum Gasteiger partial charge on any atom is -0.508 e. The number of benzene rings is 2. The van der Waals surface area contributed by atoms with Crippen molar-refractivity contribution in [3.05, 3.63) is 64.3 Å². The van der Waals surface area contributed by atoms with Crippen molar-refractivity contribution < 1.29 is 27.5 Å². The molecule has 158 valence electrons.